The van der Waals surface area contributed by atoms with Crippen molar-refractivity contribution in [1.82, 2.24) is 19.5 Å². The Hall–Kier alpha value is -1.94. The quantitative estimate of drug-likeness (QED) is 0.572. The van der Waals surface area contributed by atoms with Gasteiger partial charge in [0.05, 0.1) is 18.1 Å². The Morgan fingerprint density at radius 1 is 1.26 bits per heavy atom. The second kappa shape index (κ2) is 8.39. The zero-order chi connectivity index (χ0) is 19.4. The van der Waals surface area contributed by atoms with Crippen molar-refractivity contribution in [3.8, 4) is 5.75 Å². The lowest BCUT2D eigenvalue weighted by atomic mass is 10.1. The number of aromatic nitrogens is 3. The normalized spacial score (nSPS) is 11.5. The zero-order valence-electron chi connectivity index (χ0n) is 14.3. The molecule has 1 N–H and O–H groups in total. The minimum atomic E-state index is -3.83. The van der Waals surface area contributed by atoms with Crippen molar-refractivity contribution in [1.29, 1.82) is 0 Å². The van der Waals surface area contributed by atoms with Crippen molar-refractivity contribution in [3.63, 3.8) is 0 Å². The molecule has 27 heavy (non-hydrogen) atoms. The number of rotatable bonds is 7. The zero-order valence-corrected chi connectivity index (χ0v) is 17.4. The maximum Gasteiger partial charge on any atom is 0.244 e. The van der Waals surface area contributed by atoms with Gasteiger partial charge in [0.25, 0.3) is 0 Å². The summed E-state index contributed by atoms with van der Waals surface area (Å²) in [4.78, 5) is 3.88. The Bertz CT molecular complexity index is 1040. The monoisotopic (exact) mass is 470 g/mol. The Morgan fingerprint density at radius 2 is 2.04 bits per heavy atom. The van der Waals surface area contributed by atoms with E-state index in [0.717, 1.165) is 11.1 Å². The average molecular weight is 472 g/mol. The van der Waals surface area contributed by atoms with Gasteiger partial charge in [-0.05, 0) is 39.2 Å². The molecule has 0 spiro atoms. The highest BCUT2D eigenvalue weighted by molar-refractivity contribution is 9.10. The molecular formula is C17H16BrClN4O3S. The molecular weight excluding hydrogens is 456 g/mol. The van der Waals surface area contributed by atoms with Crippen molar-refractivity contribution in [2.75, 3.05) is 7.11 Å². The second-order valence-corrected chi connectivity index (χ2v) is 8.68. The van der Waals surface area contributed by atoms with Crippen LogP contribution < -0.4 is 9.46 Å². The SMILES string of the molecule is COc1c(Br)cc(Cl)cc1S(=O)(=O)NCc1cccc(Cn2cncn2)c1. The van der Waals surface area contributed by atoms with Gasteiger partial charge in [-0.1, -0.05) is 35.9 Å². The molecule has 0 radical (unpaired) electrons. The molecule has 0 bridgehead atoms. The second-order valence-electron chi connectivity index (χ2n) is 5.66. The van der Waals surface area contributed by atoms with E-state index in [-0.39, 0.29) is 22.2 Å². The topological polar surface area (TPSA) is 86.1 Å². The Balaban J connectivity index is 1.78. The van der Waals surface area contributed by atoms with Crippen molar-refractivity contribution >= 4 is 37.6 Å². The van der Waals surface area contributed by atoms with Crippen LogP contribution in [0.5, 0.6) is 5.75 Å². The highest BCUT2D eigenvalue weighted by atomic mass is 79.9. The number of sulfonamides is 1. The van der Waals surface area contributed by atoms with Crippen molar-refractivity contribution in [2.24, 2.45) is 0 Å². The molecule has 2 aromatic carbocycles. The summed E-state index contributed by atoms with van der Waals surface area (Å²) < 4.78 is 35.4. The first kappa shape index (κ1) is 19.8. The lowest BCUT2D eigenvalue weighted by Gasteiger charge is -2.13. The van der Waals surface area contributed by atoms with Crippen molar-refractivity contribution in [2.45, 2.75) is 18.0 Å². The molecule has 0 atom stereocenters. The minimum Gasteiger partial charge on any atom is -0.494 e. The third-order valence-electron chi connectivity index (χ3n) is 3.74. The fourth-order valence-electron chi connectivity index (χ4n) is 2.53. The van der Waals surface area contributed by atoms with Crippen LogP contribution in [0.15, 0.2) is 58.4 Å². The van der Waals surface area contributed by atoms with Crippen LogP contribution in [-0.2, 0) is 23.1 Å². The third-order valence-corrected chi connectivity index (χ3v) is 5.95. The predicted molar refractivity (Wildman–Crippen MR) is 105 cm³/mol. The van der Waals surface area contributed by atoms with Gasteiger partial charge in [0.15, 0.2) is 5.75 Å². The van der Waals surface area contributed by atoms with E-state index >= 15 is 0 Å². The van der Waals surface area contributed by atoms with Gasteiger partial charge >= 0.3 is 0 Å². The standard InChI is InChI=1S/C17H16BrClN4O3S/c1-26-17-15(18)6-14(19)7-16(17)27(24,25)22-8-12-3-2-4-13(5-12)9-23-11-20-10-21-23/h2-7,10-11,22H,8-9H2,1H3. The molecule has 7 nitrogen and oxygen atoms in total. The van der Waals surface area contributed by atoms with E-state index < -0.39 is 10.0 Å². The van der Waals surface area contributed by atoms with Gasteiger partial charge in [-0.2, -0.15) is 5.10 Å². The van der Waals surface area contributed by atoms with Gasteiger partial charge < -0.3 is 4.74 Å². The average Bonchev–Trinajstić information content (AvgIpc) is 3.13. The van der Waals surface area contributed by atoms with Crippen molar-refractivity contribution in [3.05, 3.63) is 69.7 Å². The highest BCUT2D eigenvalue weighted by Crippen LogP contribution is 2.35. The van der Waals surface area contributed by atoms with E-state index in [1.165, 1.54) is 19.5 Å². The summed E-state index contributed by atoms with van der Waals surface area (Å²) in [6.07, 6.45) is 3.09. The van der Waals surface area contributed by atoms with E-state index in [9.17, 15) is 8.42 Å². The summed E-state index contributed by atoms with van der Waals surface area (Å²) in [5, 5.41) is 4.35. The largest absolute Gasteiger partial charge is 0.494 e. The number of nitrogens with one attached hydrogen (secondary N) is 1. The number of hydrogen-bond acceptors (Lipinski definition) is 5. The van der Waals surface area contributed by atoms with Gasteiger partial charge in [0.2, 0.25) is 10.0 Å². The van der Waals surface area contributed by atoms with Crippen LogP contribution in [0.4, 0.5) is 0 Å². The van der Waals surface area contributed by atoms with E-state index in [0.29, 0.717) is 11.0 Å². The van der Waals surface area contributed by atoms with Gasteiger partial charge in [-0.25, -0.2) is 22.8 Å². The number of ether oxygens (including phenoxy) is 1. The smallest absolute Gasteiger partial charge is 0.244 e. The maximum absolute atomic E-state index is 12.7. The molecule has 0 saturated heterocycles. The van der Waals surface area contributed by atoms with Crippen LogP contribution in [0.1, 0.15) is 11.1 Å². The first-order valence-corrected chi connectivity index (χ1v) is 10.5. The minimum absolute atomic E-state index is 0.0249. The molecule has 3 rings (SSSR count). The maximum atomic E-state index is 12.7. The van der Waals surface area contributed by atoms with Crippen LogP contribution in [0.3, 0.4) is 0 Å². The van der Waals surface area contributed by atoms with Crippen LogP contribution in [0, 0.1) is 0 Å². The molecule has 0 aliphatic rings. The summed E-state index contributed by atoms with van der Waals surface area (Å²) in [5.74, 6) is 0.201. The third kappa shape index (κ3) is 4.86. The lowest BCUT2D eigenvalue weighted by molar-refractivity contribution is 0.399. The molecule has 0 aliphatic heterocycles. The van der Waals surface area contributed by atoms with Crippen LogP contribution in [-0.4, -0.2) is 30.3 Å². The first-order chi connectivity index (χ1) is 12.9. The Morgan fingerprint density at radius 3 is 2.74 bits per heavy atom. The number of hydrogen-bond donors (Lipinski definition) is 1. The fourth-order valence-corrected chi connectivity index (χ4v) is 4.93. The predicted octanol–water partition coefficient (Wildman–Crippen LogP) is 3.23. The summed E-state index contributed by atoms with van der Waals surface area (Å²) in [6.45, 7) is 0.677. The molecule has 1 aromatic heterocycles. The molecule has 1 heterocycles. The van der Waals surface area contributed by atoms with Gasteiger partial charge in [0.1, 0.15) is 17.6 Å². The van der Waals surface area contributed by atoms with E-state index in [1.807, 2.05) is 24.3 Å². The summed E-state index contributed by atoms with van der Waals surface area (Å²) in [5.41, 5.74) is 1.80. The summed E-state index contributed by atoms with van der Waals surface area (Å²) >= 11 is 9.27. The van der Waals surface area contributed by atoms with Gasteiger partial charge in [-0.3, -0.25) is 0 Å². The van der Waals surface area contributed by atoms with Crippen LogP contribution in [0.2, 0.25) is 5.02 Å². The fraction of sp³-hybridized carbons (Fsp3) is 0.176. The molecule has 3 aromatic rings. The molecule has 0 aliphatic carbocycles. The number of benzene rings is 2. The molecule has 0 unspecified atom stereocenters. The molecule has 10 heteroatoms. The molecule has 0 amide bonds. The Labute approximate surface area is 170 Å². The Kier molecular flexibility index (Phi) is 6.15. The molecule has 0 fully saturated rings. The van der Waals surface area contributed by atoms with E-state index in [1.54, 1.807) is 17.1 Å². The highest BCUT2D eigenvalue weighted by Gasteiger charge is 2.22. The van der Waals surface area contributed by atoms with E-state index in [4.69, 9.17) is 16.3 Å². The number of methoxy groups -OCH3 is 1. The van der Waals surface area contributed by atoms with E-state index in [2.05, 4.69) is 30.7 Å². The van der Waals surface area contributed by atoms with Gasteiger partial charge in [-0.15, -0.1) is 0 Å². The van der Waals surface area contributed by atoms with Gasteiger partial charge in [0, 0.05) is 11.6 Å². The summed E-state index contributed by atoms with van der Waals surface area (Å²) in [7, 11) is -2.42. The molecule has 0 saturated carbocycles. The van der Waals surface area contributed by atoms with Crippen LogP contribution >= 0.6 is 27.5 Å². The summed E-state index contributed by atoms with van der Waals surface area (Å²) in [6, 6.07) is 10.5. The first-order valence-electron chi connectivity index (χ1n) is 7.82. The molecule has 142 valence electrons. The lowest BCUT2D eigenvalue weighted by Crippen LogP contribution is -2.24. The number of halogens is 2. The number of nitrogens with zero attached hydrogens (tertiary/aromatic N) is 3. The van der Waals surface area contributed by atoms with Crippen molar-refractivity contribution < 1.29 is 13.2 Å². The van der Waals surface area contributed by atoms with Crippen LogP contribution in [0.25, 0.3) is 0 Å².